The fraction of sp³-hybridized carbons (Fsp3) is 0.160. The molecule has 0 N–H and O–H groups in total. The lowest BCUT2D eigenvalue weighted by molar-refractivity contribution is 0.0600. The second-order valence-electron chi connectivity index (χ2n) is 7.62. The van der Waals surface area contributed by atoms with Gasteiger partial charge in [0.1, 0.15) is 5.75 Å². The van der Waals surface area contributed by atoms with Crippen molar-refractivity contribution in [1.29, 1.82) is 0 Å². The van der Waals surface area contributed by atoms with Crippen LogP contribution in [0.3, 0.4) is 0 Å². The monoisotopic (exact) mass is 493 g/mol. The van der Waals surface area contributed by atoms with E-state index in [0.717, 1.165) is 16.8 Å². The summed E-state index contributed by atoms with van der Waals surface area (Å²) in [6.45, 7) is 1.91. The molecule has 0 spiro atoms. The van der Waals surface area contributed by atoms with Gasteiger partial charge in [0.15, 0.2) is 20.8 Å². The Hall–Kier alpha value is -3.43. The topological polar surface area (TPSA) is 91.2 Å². The zero-order valence-electron chi connectivity index (χ0n) is 18.7. The summed E-state index contributed by atoms with van der Waals surface area (Å²) in [5, 5.41) is 9.11. The number of hydrogen-bond acceptors (Lipinski definition) is 7. The minimum Gasteiger partial charge on any atom is -0.465 e. The molecule has 1 heterocycles. The number of carbonyl (C=O) groups is 1. The Morgan fingerprint density at radius 3 is 2.26 bits per heavy atom. The average molecular weight is 494 g/mol. The first-order valence-corrected chi connectivity index (χ1v) is 13.1. The quantitative estimate of drug-likeness (QED) is 0.261. The first kappa shape index (κ1) is 23.7. The van der Waals surface area contributed by atoms with Gasteiger partial charge in [0.25, 0.3) is 0 Å². The third-order valence-electron chi connectivity index (χ3n) is 5.16. The van der Waals surface area contributed by atoms with Crippen LogP contribution in [0.5, 0.6) is 0 Å². The number of carbonyl (C=O) groups excluding carboxylic acids is 1. The van der Waals surface area contributed by atoms with Crippen molar-refractivity contribution < 1.29 is 17.9 Å². The first-order chi connectivity index (χ1) is 16.4. The van der Waals surface area contributed by atoms with Crippen molar-refractivity contribution in [2.75, 3.05) is 7.11 Å². The summed E-state index contributed by atoms with van der Waals surface area (Å²) in [5.74, 6) is 0.251. The maximum Gasteiger partial charge on any atom is 0.337 e. The lowest BCUT2D eigenvalue weighted by atomic mass is 10.1. The summed E-state index contributed by atoms with van der Waals surface area (Å²) < 4.78 is 32.7. The molecule has 0 aliphatic carbocycles. The van der Waals surface area contributed by atoms with E-state index < -0.39 is 9.84 Å². The summed E-state index contributed by atoms with van der Waals surface area (Å²) in [7, 11) is -2.26. The van der Waals surface area contributed by atoms with Gasteiger partial charge in [-0.25, -0.2) is 13.2 Å². The van der Waals surface area contributed by atoms with E-state index >= 15 is 0 Å². The molecule has 9 heteroatoms. The SMILES string of the molecule is COC(=O)c1ccc(CSc2nnc(CS(=O)(=O)c3ccc(C)cc3)n2-c2ccccc2)cc1. The van der Waals surface area contributed by atoms with E-state index in [1.54, 1.807) is 41.0 Å². The van der Waals surface area contributed by atoms with E-state index in [0.29, 0.717) is 22.3 Å². The third-order valence-corrected chi connectivity index (χ3v) is 7.79. The summed E-state index contributed by atoms with van der Waals surface area (Å²) in [6.07, 6.45) is 0. The van der Waals surface area contributed by atoms with Crippen molar-refractivity contribution >= 4 is 27.6 Å². The largest absolute Gasteiger partial charge is 0.465 e. The highest BCUT2D eigenvalue weighted by Gasteiger charge is 2.22. The van der Waals surface area contributed by atoms with E-state index in [1.807, 2.05) is 49.4 Å². The molecule has 0 saturated heterocycles. The maximum absolute atomic E-state index is 13.1. The molecule has 4 rings (SSSR count). The number of benzene rings is 3. The normalized spacial score (nSPS) is 11.4. The van der Waals surface area contributed by atoms with Gasteiger partial charge in [-0.3, -0.25) is 4.57 Å². The molecular weight excluding hydrogens is 470 g/mol. The van der Waals surface area contributed by atoms with Gasteiger partial charge in [-0.1, -0.05) is 59.8 Å². The van der Waals surface area contributed by atoms with Crippen LogP contribution in [0, 0.1) is 6.92 Å². The molecule has 0 amide bonds. The molecule has 0 fully saturated rings. The summed E-state index contributed by atoms with van der Waals surface area (Å²) in [6, 6.07) is 23.4. The molecule has 3 aromatic carbocycles. The van der Waals surface area contributed by atoms with Crippen molar-refractivity contribution in [2.45, 2.75) is 28.5 Å². The number of esters is 1. The van der Waals surface area contributed by atoms with Crippen LogP contribution in [0.2, 0.25) is 0 Å². The number of thioether (sulfide) groups is 1. The fourth-order valence-corrected chi connectivity index (χ4v) is 5.50. The molecule has 0 radical (unpaired) electrons. The lowest BCUT2D eigenvalue weighted by Gasteiger charge is -2.11. The van der Waals surface area contributed by atoms with Crippen LogP contribution < -0.4 is 0 Å². The van der Waals surface area contributed by atoms with E-state index in [1.165, 1.54) is 18.9 Å². The van der Waals surface area contributed by atoms with Crippen molar-refractivity contribution in [3.63, 3.8) is 0 Å². The Kier molecular flexibility index (Phi) is 7.14. The van der Waals surface area contributed by atoms with Crippen molar-refractivity contribution in [1.82, 2.24) is 14.8 Å². The predicted octanol–water partition coefficient (Wildman–Crippen LogP) is 4.63. The Balaban J connectivity index is 1.61. The smallest absolute Gasteiger partial charge is 0.337 e. The van der Waals surface area contributed by atoms with Crippen LogP contribution in [-0.4, -0.2) is 36.3 Å². The second-order valence-corrected chi connectivity index (χ2v) is 10.6. The number of nitrogens with zero attached hydrogens (tertiary/aromatic N) is 3. The molecule has 34 heavy (non-hydrogen) atoms. The minimum atomic E-state index is -3.61. The van der Waals surface area contributed by atoms with Crippen molar-refractivity contribution in [3.8, 4) is 5.69 Å². The molecule has 0 unspecified atom stereocenters. The van der Waals surface area contributed by atoms with E-state index in [-0.39, 0.29) is 16.6 Å². The van der Waals surface area contributed by atoms with Crippen LogP contribution in [-0.2, 0) is 26.1 Å². The predicted molar refractivity (Wildman–Crippen MR) is 131 cm³/mol. The number of rotatable bonds is 8. The van der Waals surface area contributed by atoms with Gasteiger partial charge >= 0.3 is 5.97 Å². The van der Waals surface area contributed by atoms with Gasteiger partial charge in [-0.05, 0) is 48.9 Å². The number of sulfone groups is 1. The Morgan fingerprint density at radius 1 is 0.941 bits per heavy atom. The van der Waals surface area contributed by atoms with Crippen molar-refractivity contribution in [3.05, 3.63) is 101 Å². The maximum atomic E-state index is 13.1. The number of aryl methyl sites for hydroxylation is 1. The third kappa shape index (κ3) is 5.37. The molecular formula is C25H23N3O4S2. The highest BCUT2D eigenvalue weighted by Crippen LogP contribution is 2.27. The van der Waals surface area contributed by atoms with Crippen LogP contribution >= 0.6 is 11.8 Å². The highest BCUT2D eigenvalue weighted by molar-refractivity contribution is 7.98. The highest BCUT2D eigenvalue weighted by atomic mass is 32.2. The van der Waals surface area contributed by atoms with Gasteiger partial charge in [-0.2, -0.15) is 0 Å². The molecule has 0 aliphatic rings. The van der Waals surface area contributed by atoms with E-state index in [2.05, 4.69) is 10.2 Å². The first-order valence-electron chi connectivity index (χ1n) is 10.5. The Bertz CT molecular complexity index is 1380. The summed E-state index contributed by atoms with van der Waals surface area (Å²) in [4.78, 5) is 11.9. The minimum absolute atomic E-state index is 0.251. The zero-order chi connectivity index (χ0) is 24.1. The molecule has 174 valence electrons. The van der Waals surface area contributed by atoms with Gasteiger partial charge in [0, 0.05) is 11.4 Å². The van der Waals surface area contributed by atoms with Gasteiger partial charge < -0.3 is 4.74 Å². The van der Waals surface area contributed by atoms with Gasteiger partial charge in [0.2, 0.25) is 0 Å². The second kappa shape index (κ2) is 10.2. The molecule has 0 aliphatic heterocycles. The molecule has 7 nitrogen and oxygen atoms in total. The molecule has 1 aromatic heterocycles. The number of para-hydroxylation sites is 1. The Morgan fingerprint density at radius 2 is 1.62 bits per heavy atom. The number of methoxy groups -OCH3 is 1. The standard InChI is InChI=1S/C25H23N3O4S2/c1-18-8-14-22(15-9-18)34(30,31)17-23-26-27-25(28(23)21-6-4-3-5-7-21)33-16-19-10-12-20(13-11-19)24(29)32-2/h3-15H,16-17H2,1-2H3. The molecule has 0 saturated carbocycles. The summed E-state index contributed by atoms with van der Waals surface area (Å²) >= 11 is 1.44. The number of ether oxygens (including phenoxy) is 1. The molecule has 4 aromatic rings. The van der Waals surface area contributed by atoms with E-state index in [9.17, 15) is 13.2 Å². The zero-order valence-corrected chi connectivity index (χ0v) is 20.3. The summed E-state index contributed by atoms with van der Waals surface area (Å²) in [5.41, 5.74) is 3.23. The number of aromatic nitrogens is 3. The van der Waals surface area contributed by atoms with Gasteiger partial charge in [-0.15, -0.1) is 10.2 Å². The van der Waals surface area contributed by atoms with Gasteiger partial charge in [0.05, 0.1) is 17.6 Å². The molecule has 0 bridgehead atoms. The van der Waals surface area contributed by atoms with Crippen molar-refractivity contribution in [2.24, 2.45) is 0 Å². The van der Waals surface area contributed by atoms with Crippen LogP contribution in [0.1, 0.15) is 27.3 Å². The van der Waals surface area contributed by atoms with Crippen LogP contribution in [0.15, 0.2) is 88.9 Å². The molecule has 0 atom stereocenters. The number of hydrogen-bond donors (Lipinski definition) is 0. The van der Waals surface area contributed by atoms with Crippen LogP contribution in [0.25, 0.3) is 5.69 Å². The fourth-order valence-electron chi connectivity index (χ4n) is 3.33. The Labute approximate surface area is 202 Å². The lowest BCUT2D eigenvalue weighted by Crippen LogP contribution is -2.11. The van der Waals surface area contributed by atoms with Crippen LogP contribution in [0.4, 0.5) is 0 Å². The average Bonchev–Trinajstić information content (AvgIpc) is 3.25. The van der Waals surface area contributed by atoms with E-state index in [4.69, 9.17) is 4.74 Å².